The van der Waals surface area contributed by atoms with Crippen LogP contribution in [0.15, 0.2) is 12.2 Å². The molecule has 1 unspecified atom stereocenters. The van der Waals surface area contributed by atoms with Crippen LogP contribution in [0.5, 0.6) is 0 Å². The molecule has 0 saturated heterocycles. The lowest BCUT2D eigenvalue weighted by Crippen LogP contribution is -2.24. The van der Waals surface area contributed by atoms with Crippen LogP contribution in [-0.2, 0) is 19.6 Å². The van der Waals surface area contributed by atoms with Gasteiger partial charge in [-0.1, -0.05) is 6.58 Å². The zero-order valence-electron chi connectivity index (χ0n) is 6.73. The number of carbonyl (C=O) groups excluding carboxylic acids is 1. The minimum absolute atomic E-state index is 0.0468. The van der Waals surface area contributed by atoms with E-state index in [9.17, 15) is 17.8 Å². The maximum Gasteiger partial charge on any atom is 0.334 e. The second-order valence-corrected chi connectivity index (χ2v) is 3.90. The summed E-state index contributed by atoms with van der Waals surface area (Å²) in [6, 6.07) is 0. The molecular formula is C6H9O5S-. The van der Waals surface area contributed by atoms with Crippen LogP contribution >= 0.6 is 0 Å². The fraction of sp³-hybridized carbons (Fsp3) is 0.500. The number of hydrogen-bond acceptors (Lipinski definition) is 5. The predicted octanol–water partition coefficient (Wildman–Crippen LogP) is -0.00310. The van der Waals surface area contributed by atoms with Crippen molar-refractivity contribution < 1.29 is 22.5 Å². The summed E-state index contributed by atoms with van der Waals surface area (Å²) in [6.45, 7) is 5.56. The van der Waals surface area contributed by atoms with E-state index in [0.717, 1.165) is 6.92 Å². The summed E-state index contributed by atoms with van der Waals surface area (Å²) >= 11 is 0. The van der Waals surface area contributed by atoms with E-state index in [-0.39, 0.29) is 5.57 Å². The summed E-state index contributed by atoms with van der Waals surface area (Å²) < 4.78 is 34.9. The van der Waals surface area contributed by atoms with E-state index >= 15 is 0 Å². The predicted molar refractivity (Wildman–Crippen MR) is 40.1 cm³/mol. The van der Waals surface area contributed by atoms with Crippen molar-refractivity contribution in [1.82, 2.24) is 0 Å². The van der Waals surface area contributed by atoms with Gasteiger partial charge in [0.1, 0.15) is 10.1 Å². The van der Waals surface area contributed by atoms with Crippen molar-refractivity contribution in [2.24, 2.45) is 0 Å². The van der Waals surface area contributed by atoms with E-state index in [1.165, 1.54) is 6.92 Å². The molecule has 0 aromatic carbocycles. The lowest BCUT2D eigenvalue weighted by Gasteiger charge is -2.16. The van der Waals surface area contributed by atoms with E-state index in [1.807, 2.05) is 0 Å². The van der Waals surface area contributed by atoms with Crippen LogP contribution in [0.25, 0.3) is 0 Å². The van der Waals surface area contributed by atoms with Crippen molar-refractivity contribution in [2.75, 3.05) is 0 Å². The molecule has 70 valence electrons. The minimum Gasteiger partial charge on any atom is -0.745 e. The van der Waals surface area contributed by atoms with Crippen LogP contribution in [0.1, 0.15) is 13.8 Å². The third-order valence-electron chi connectivity index (χ3n) is 1.03. The summed E-state index contributed by atoms with van der Waals surface area (Å²) in [5, 5.41) is 0. The van der Waals surface area contributed by atoms with Gasteiger partial charge in [0, 0.05) is 5.57 Å². The summed E-state index contributed by atoms with van der Waals surface area (Å²) in [7, 11) is -4.57. The number of rotatable bonds is 3. The van der Waals surface area contributed by atoms with Crippen LogP contribution < -0.4 is 0 Å². The monoisotopic (exact) mass is 193 g/mol. The molecule has 0 aliphatic rings. The molecule has 0 rings (SSSR count). The van der Waals surface area contributed by atoms with E-state index in [2.05, 4.69) is 11.3 Å². The van der Waals surface area contributed by atoms with Crippen molar-refractivity contribution in [2.45, 2.75) is 19.3 Å². The molecule has 0 bridgehead atoms. The molecule has 0 fully saturated rings. The van der Waals surface area contributed by atoms with Crippen LogP contribution in [-0.4, -0.2) is 24.4 Å². The third-order valence-corrected chi connectivity index (χ3v) is 1.94. The highest BCUT2D eigenvalue weighted by molar-refractivity contribution is 7.86. The van der Waals surface area contributed by atoms with Gasteiger partial charge in [0.25, 0.3) is 0 Å². The van der Waals surface area contributed by atoms with Gasteiger partial charge in [-0.2, -0.15) is 0 Å². The standard InChI is InChI=1S/C6H10O5S/c1-4(2)6(7)11-5(3)12(8,9)10/h5H,1H2,2-3H3,(H,8,9,10)/p-1. The molecule has 0 aromatic heterocycles. The molecule has 12 heavy (non-hydrogen) atoms. The van der Waals surface area contributed by atoms with Crippen molar-refractivity contribution in [3.05, 3.63) is 12.2 Å². The van der Waals surface area contributed by atoms with Crippen molar-refractivity contribution in [3.63, 3.8) is 0 Å². The maximum absolute atomic E-state index is 10.7. The first-order chi connectivity index (χ1) is 5.25. The first-order valence-electron chi connectivity index (χ1n) is 3.06. The third kappa shape index (κ3) is 3.49. The van der Waals surface area contributed by atoms with E-state index in [4.69, 9.17) is 0 Å². The molecule has 5 nitrogen and oxygen atoms in total. The molecule has 1 atom stereocenters. The zero-order chi connectivity index (χ0) is 9.94. The van der Waals surface area contributed by atoms with Crippen LogP contribution in [0.3, 0.4) is 0 Å². The SMILES string of the molecule is C=C(C)C(=O)OC(C)S(=O)(=O)[O-]. The summed E-state index contributed by atoms with van der Waals surface area (Å²) in [5.41, 5.74) is -1.62. The molecule has 0 aliphatic carbocycles. The fourth-order valence-electron chi connectivity index (χ4n) is 0.310. The largest absolute Gasteiger partial charge is 0.745 e. The normalized spacial score (nSPS) is 13.6. The van der Waals surface area contributed by atoms with Crippen molar-refractivity contribution in [1.29, 1.82) is 0 Å². The highest BCUT2D eigenvalue weighted by Crippen LogP contribution is 2.02. The highest BCUT2D eigenvalue weighted by atomic mass is 32.2. The lowest BCUT2D eigenvalue weighted by atomic mass is 10.4. The lowest BCUT2D eigenvalue weighted by molar-refractivity contribution is -0.140. The zero-order valence-corrected chi connectivity index (χ0v) is 7.55. The Morgan fingerprint density at radius 1 is 1.58 bits per heavy atom. The van der Waals surface area contributed by atoms with Gasteiger partial charge < -0.3 is 9.29 Å². The number of ether oxygens (including phenoxy) is 1. The van der Waals surface area contributed by atoms with Gasteiger partial charge in [-0.3, -0.25) is 0 Å². The number of esters is 1. The van der Waals surface area contributed by atoms with Crippen LogP contribution in [0, 0.1) is 0 Å². The Balaban J connectivity index is 4.31. The van der Waals surface area contributed by atoms with Crippen LogP contribution in [0.2, 0.25) is 0 Å². The average Bonchev–Trinajstić information content (AvgIpc) is 1.85. The van der Waals surface area contributed by atoms with Gasteiger partial charge in [0.05, 0.1) is 0 Å². The molecule has 0 spiro atoms. The Morgan fingerprint density at radius 2 is 2.00 bits per heavy atom. The van der Waals surface area contributed by atoms with E-state index in [0.29, 0.717) is 0 Å². The fourth-order valence-corrected chi connectivity index (χ4v) is 0.516. The van der Waals surface area contributed by atoms with E-state index < -0.39 is 21.5 Å². The first-order valence-corrected chi connectivity index (χ1v) is 4.53. The van der Waals surface area contributed by atoms with E-state index in [1.54, 1.807) is 0 Å². The molecular weight excluding hydrogens is 184 g/mol. The molecule has 0 heterocycles. The molecule has 6 heteroatoms. The van der Waals surface area contributed by atoms with Gasteiger partial charge in [-0.05, 0) is 13.8 Å². The Morgan fingerprint density at radius 3 is 2.25 bits per heavy atom. The van der Waals surface area contributed by atoms with Crippen molar-refractivity contribution in [3.8, 4) is 0 Å². The maximum atomic E-state index is 10.7. The van der Waals surface area contributed by atoms with Gasteiger partial charge in [-0.15, -0.1) is 0 Å². The topological polar surface area (TPSA) is 83.5 Å². The average molecular weight is 193 g/mol. The smallest absolute Gasteiger partial charge is 0.334 e. The first kappa shape index (κ1) is 11.1. The molecule has 0 aliphatic heterocycles. The minimum atomic E-state index is -4.57. The Kier molecular flexibility index (Phi) is 3.41. The number of carbonyl (C=O) groups is 1. The van der Waals surface area contributed by atoms with Gasteiger partial charge in [0.2, 0.25) is 0 Å². The molecule has 0 N–H and O–H groups in total. The van der Waals surface area contributed by atoms with Gasteiger partial charge in [0.15, 0.2) is 5.44 Å². The molecule has 0 aromatic rings. The summed E-state index contributed by atoms with van der Waals surface area (Å²) in [4.78, 5) is 10.7. The second kappa shape index (κ2) is 3.68. The highest BCUT2D eigenvalue weighted by Gasteiger charge is 2.15. The quantitative estimate of drug-likeness (QED) is 0.358. The Labute approximate surface area is 70.8 Å². The van der Waals surface area contributed by atoms with Gasteiger partial charge in [-0.25, -0.2) is 13.2 Å². The summed E-state index contributed by atoms with van der Waals surface area (Å²) in [6.07, 6.45) is 0. The molecule has 0 saturated carbocycles. The Hall–Kier alpha value is -0.880. The van der Waals surface area contributed by atoms with Crippen molar-refractivity contribution >= 4 is 16.1 Å². The summed E-state index contributed by atoms with van der Waals surface area (Å²) in [5.74, 6) is -0.887. The molecule has 0 radical (unpaired) electrons. The second-order valence-electron chi connectivity index (χ2n) is 2.25. The Bertz CT molecular complexity index is 289. The number of hydrogen-bond donors (Lipinski definition) is 0. The molecule has 0 amide bonds. The van der Waals surface area contributed by atoms with Gasteiger partial charge >= 0.3 is 5.97 Å². The van der Waals surface area contributed by atoms with Crippen LogP contribution in [0.4, 0.5) is 0 Å².